The summed E-state index contributed by atoms with van der Waals surface area (Å²) < 4.78 is 0. The van der Waals surface area contributed by atoms with Crippen LogP contribution >= 0.6 is 12.6 Å². The fraction of sp³-hybridized carbons (Fsp3) is 0.571. The van der Waals surface area contributed by atoms with E-state index in [0.29, 0.717) is 4.91 Å². The van der Waals surface area contributed by atoms with Crippen LogP contribution in [-0.2, 0) is 4.79 Å². The summed E-state index contributed by atoms with van der Waals surface area (Å²) in [5.41, 5.74) is -0.677. The number of carbonyl (C=O) groups excluding carboxylic acids is 1. The Labute approximate surface area is 67.1 Å². The highest BCUT2D eigenvalue weighted by atomic mass is 32.1. The summed E-state index contributed by atoms with van der Waals surface area (Å²) in [5, 5.41) is 2.85. The van der Waals surface area contributed by atoms with Crippen molar-refractivity contribution in [1.29, 1.82) is 0 Å². The van der Waals surface area contributed by atoms with E-state index < -0.39 is 5.54 Å². The minimum absolute atomic E-state index is 0.0231. The van der Waals surface area contributed by atoms with Gasteiger partial charge >= 0.3 is 0 Å². The number of Topliss-reactive ketones (excluding diaryl/α,β-unsaturated/α-hetero) is 1. The first-order valence-electron chi connectivity index (χ1n) is 3.03. The van der Waals surface area contributed by atoms with E-state index in [4.69, 9.17) is 0 Å². The molecule has 0 aromatic heterocycles. The van der Waals surface area contributed by atoms with Crippen LogP contribution in [0.15, 0.2) is 11.5 Å². The molecule has 0 bridgehead atoms. The van der Waals surface area contributed by atoms with Crippen molar-refractivity contribution < 1.29 is 4.79 Å². The van der Waals surface area contributed by atoms with E-state index in [0.717, 1.165) is 0 Å². The van der Waals surface area contributed by atoms with E-state index in [1.54, 1.807) is 14.0 Å². The molecule has 58 valence electrons. The number of hydrogen-bond donors (Lipinski definition) is 2. The van der Waals surface area contributed by atoms with Crippen molar-refractivity contribution >= 4 is 18.4 Å². The minimum atomic E-state index is -0.677. The van der Waals surface area contributed by atoms with Crippen molar-refractivity contribution in [1.82, 2.24) is 5.32 Å². The predicted molar refractivity (Wildman–Crippen MR) is 46.3 cm³/mol. The van der Waals surface area contributed by atoms with Gasteiger partial charge in [-0.25, -0.2) is 0 Å². The minimum Gasteiger partial charge on any atom is -0.304 e. The van der Waals surface area contributed by atoms with E-state index in [1.165, 1.54) is 6.92 Å². The van der Waals surface area contributed by atoms with Crippen LogP contribution in [0.25, 0.3) is 0 Å². The Morgan fingerprint density at radius 1 is 1.70 bits per heavy atom. The van der Waals surface area contributed by atoms with Crippen molar-refractivity contribution in [3.05, 3.63) is 11.5 Å². The summed E-state index contributed by atoms with van der Waals surface area (Å²) in [6, 6.07) is 0. The molecule has 0 saturated heterocycles. The molecule has 0 aliphatic carbocycles. The molecule has 0 rings (SSSR count). The highest BCUT2D eigenvalue weighted by Gasteiger charge is 2.28. The monoisotopic (exact) mass is 159 g/mol. The summed E-state index contributed by atoms with van der Waals surface area (Å²) in [5.74, 6) is 0.0231. The van der Waals surface area contributed by atoms with Crippen LogP contribution in [0.4, 0.5) is 0 Å². The van der Waals surface area contributed by atoms with Gasteiger partial charge in [0.15, 0.2) is 5.78 Å². The van der Waals surface area contributed by atoms with Gasteiger partial charge in [-0.1, -0.05) is 6.58 Å². The lowest BCUT2D eigenvalue weighted by Gasteiger charge is -2.25. The molecule has 0 unspecified atom stereocenters. The molecule has 0 amide bonds. The lowest BCUT2D eigenvalue weighted by molar-refractivity contribution is -0.120. The van der Waals surface area contributed by atoms with Gasteiger partial charge in [0.05, 0.1) is 0 Å². The van der Waals surface area contributed by atoms with Crippen LogP contribution in [-0.4, -0.2) is 18.4 Å². The smallest absolute Gasteiger partial charge is 0.154 e. The number of ketones is 1. The number of hydrogen-bond acceptors (Lipinski definition) is 3. The van der Waals surface area contributed by atoms with E-state index in [-0.39, 0.29) is 5.78 Å². The van der Waals surface area contributed by atoms with E-state index >= 15 is 0 Å². The summed E-state index contributed by atoms with van der Waals surface area (Å²) in [6.07, 6.45) is 0. The molecule has 3 heteroatoms. The lowest BCUT2D eigenvalue weighted by atomic mass is 9.98. The number of thiol groups is 1. The summed E-state index contributed by atoms with van der Waals surface area (Å²) in [4.78, 5) is 11.5. The molecule has 0 fully saturated rings. The second-order valence-corrected chi connectivity index (χ2v) is 2.92. The first-order valence-corrected chi connectivity index (χ1v) is 3.48. The number of likely N-dealkylation sites (N-methyl/N-ethyl adjacent to an activating group) is 1. The normalized spacial score (nSPS) is 16.0. The largest absolute Gasteiger partial charge is 0.304 e. The zero-order valence-corrected chi connectivity index (χ0v) is 7.46. The Bertz CT molecular complexity index is 151. The Balaban J connectivity index is 4.55. The third-order valence-corrected chi connectivity index (χ3v) is 2.23. The average molecular weight is 159 g/mol. The molecule has 0 heterocycles. The first kappa shape index (κ1) is 9.72. The second-order valence-electron chi connectivity index (χ2n) is 2.38. The van der Waals surface area contributed by atoms with Gasteiger partial charge in [-0.05, 0) is 20.9 Å². The van der Waals surface area contributed by atoms with Gasteiger partial charge < -0.3 is 5.32 Å². The molecule has 0 spiro atoms. The Morgan fingerprint density at radius 2 is 2.10 bits per heavy atom. The number of rotatable bonds is 3. The molecule has 0 aliphatic rings. The topological polar surface area (TPSA) is 29.1 Å². The second kappa shape index (κ2) is 3.21. The molecular weight excluding hydrogens is 146 g/mol. The SMILES string of the molecule is C=C(S)[C@](C)(NC)C(C)=O. The van der Waals surface area contributed by atoms with Crippen LogP contribution in [0.1, 0.15) is 13.8 Å². The van der Waals surface area contributed by atoms with Crippen molar-refractivity contribution in [3.63, 3.8) is 0 Å². The maximum atomic E-state index is 11.0. The maximum absolute atomic E-state index is 11.0. The Kier molecular flexibility index (Phi) is 3.12. The molecule has 0 saturated carbocycles. The van der Waals surface area contributed by atoms with E-state index in [9.17, 15) is 4.79 Å². The van der Waals surface area contributed by atoms with Gasteiger partial charge in [-0.3, -0.25) is 4.79 Å². The fourth-order valence-electron chi connectivity index (χ4n) is 0.524. The van der Waals surface area contributed by atoms with Gasteiger partial charge in [0.25, 0.3) is 0 Å². The van der Waals surface area contributed by atoms with Crippen LogP contribution in [0, 0.1) is 0 Å². The van der Waals surface area contributed by atoms with Crippen LogP contribution in [0.2, 0.25) is 0 Å². The van der Waals surface area contributed by atoms with Crippen molar-refractivity contribution in [2.24, 2.45) is 0 Å². The third kappa shape index (κ3) is 1.61. The van der Waals surface area contributed by atoms with Gasteiger partial charge in [-0.15, -0.1) is 12.6 Å². The molecule has 1 N–H and O–H groups in total. The van der Waals surface area contributed by atoms with Gasteiger partial charge in [0.2, 0.25) is 0 Å². The van der Waals surface area contributed by atoms with Gasteiger partial charge in [0, 0.05) is 4.91 Å². The van der Waals surface area contributed by atoms with Crippen molar-refractivity contribution in [3.8, 4) is 0 Å². The number of carbonyl (C=O) groups is 1. The van der Waals surface area contributed by atoms with Crippen molar-refractivity contribution in [2.75, 3.05) is 7.05 Å². The van der Waals surface area contributed by atoms with Gasteiger partial charge in [0.1, 0.15) is 5.54 Å². The molecule has 2 nitrogen and oxygen atoms in total. The Morgan fingerprint density at radius 3 is 2.10 bits per heavy atom. The van der Waals surface area contributed by atoms with Crippen LogP contribution in [0.5, 0.6) is 0 Å². The zero-order chi connectivity index (χ0) is 8.36. The summed E-state index contributed by atoms with van der Waals surface area (Å²) in [7, 11) is 1.71. The molecule has 0 aromatic carbocycles. The summed E-state index contributed by atoms with van der Waals surface area (Å²) in [6.45, 7) is 6.87. The van der Waals surface area contributed by atoms with Gasteiger partial charge in [-0.2, -0.15) is 0 Å². The highest BCUT2D eigenvalue weighted by Crippen LogP contribution is 2.17. The van der Waals surface area contributed by atoms with E-state index in [2.05, 4.69) is 24.5 Å². The maximum Gasteiger partial charge on any atom is 0.154 e. The third-order valence-electron chi connectivity index (χ3n) is 1.78. The standard InChI is InChI=1S/C7H13NOS/c1-5(9)7(3,8-4)6(2)10/h8,10H,2H2,1,3-4H3/t7-/m1/s1. The summed E-state index contributed by atoms with van der Waals surface area (Å²) >= 11 is 4.02. The molecule has 10 heavy (non-hydrogen) atoms. The molecule has 0 radical (unpaired) electrons. The Hall–Kier alpha value is -0.280. The highest BCUT2D eigenvalue weighted by molar-refractivity contribution is 7.84. The number of nitrogens with one attached hydrogen (secondary N) is 1. The van der Waals surface area contributed by atoms with Crippen LogP contribution in [0.3, 0.4) is 0 Å². The van der Waals surface area contributed by atoms with Crippen molar-refractivity contribution in [2.45, 2.75) is 19.4 Å². The molecular formula is C7H13NOS. The quantitative estimate of drug-likeness (QED) is 0.601. The predicted octanol–water partition coefficient (Wildman–Crippen LogP) is 0.997. The van der Waals surface area contributed by atoms with E-state index in [1.807, 2.05) is 0 Å². The fourth-order valence-corrected chi connectivity index (χ4v) is 0.793. The molecule has 0 aliphatic heterocycles. The van der Waals surface area contributed by atoms with Crippen LogP contribution < -0.4 is 5.32 Å². The molecule has 1 atom stereocenters. The average Bonchev–Trinajstić information content (AvgIpc) is 1.85. The molecule has 0 aromatic rings. The lowest BCUT2D eigenvalue weighted by Crippen LogP contribution is -2.46. The first-order chi connectivity index (χ1) is 4.45. The zero-order valence-electron chi connectivity index (χ0n) is 6.56.